The van der Waals surface area contributed by atoms with Crippen LogP contribution in [-0.4, -0.2) is 31.4 Å². The SMILES string of the molecule is COc1ccc(C(=O)O)cc1OCCOc1ccccc1-c1ccccc1. The fourth-order valence-corrected chi connectivity index (χ4v) is 2.67. The lowest BCUT2D eigenvalue weighted by atomic mass is 10.1. The van der Waals surface area contributed by atoms with E-state index in [0.29, 0.717) is 18.1 Å². The molecular weight excluding hydrogens is 344 g/mol. The van der Waals surface area contributed by atoms with Crippen molar-refractivity contribution in [2.24, 2.45) is 0 Å². The van der Waals surface area contributed by atoms with E-state index in [1.54, 1.807) is 6.07 Å². The first-order chi connectivity index (χ1) is 13.2. The van der Waals surface area contributed by atoms with Crippen molar-refractivity contribution in [2.45, 2.75) is 0 Å². The van der Waals surface area contributed by atoms with Crippen LogP contribution in [-0.2, 0) is 0 Å². The number of benzene rings is 3. The summed E-state index contributed by atoms with van der Waals surface area (Å²) in [5, 5.41) is 9.11. The van der Waals surface area contributed by atoms with Crippen molar-refractivity contribution in [2.75, 3.05) is 20.3 Å². The molecule has 1 N–H and O–H groups in total. The number of carboxylic acid groups (broad SMARTS) is 1. The van der Waals surface area contributed by atoms with E-state index in [-0.39, 0.29) is 12.2 Å². The molecule has 0 unspecified atom stereocenters. The highest BCUT2D eigenvalue weighted by Crippen LogP contribution is 2.30. The summed E-state index contributed by atoms with van der Waals surface area (Å²) < 4.78 is 16.8. The Morgan fingerprint density at radius 1 is 0.815 bits per heavy atom. The maximum atomic E-state index is 11.1. The lowest BCUT2D eigenvalue weighted by molar-refractivity contribution is 0.0696. The van der Waals surface area contributed by atoms with Crippen LogP contribution < -0.4 is 14.2 Å². The van der Waals surface area contributed by atoms with Crippen LogP contribution in [0.15, 0.2) is 72.8 Å². The average molecular weight is 364 g/mol. The average Bonchev–Trinajstić information content (AvgIpc) is 2.72. The van der Waals surface area contributed by atoms with Crippen molar-refractivity contribution in [3.8, 4) is 28.4 Å². The normalized spacial score (nSPS) is 10.3. The molecule has 0 atom stereocenters. The second-order valence-corrected chi connectivity index (χ2v) is 5.73. The molecule has 0 saturated heterocycles. The number of hydrogen-bond acceptors (Lipinski definition) is 4. The van der Waals surface area contributed by atoms with E-state index in [2.05, 4.69) is 0 Å². The second-order valence-electron chi connectivity index (χ2n) is 5.73. The molecule has 0 amide bonds. The van der Waals surface area contributed by atoms with Gasteiger partial charge in [-0.25, -0.2) is 4.79 Å². The van der Waals surface area contributed by atoms with Crippen molar-refractivity contribution in [1.82, 2.24) is 0 Å². The molecule has 138 valence electrons. The minimum atomic E-state index is -1.02. The van der Waals surface area contributed by atoms with Gasteiger partial charge in [0, 0.05) is 5.56 Å². The lowest BCUT2D eigenvalue weighted by Gasteiger charge is -2.14. The van der Waals surface area contributed by atoms with E-state index in [1.165, 1.54) is 19.2 Å². The molecule has 0 aromatic heterocycles. The van der Waals surface area contributed by atoms with Crippen LogP contribution in [0.25, 0.3) is 11.1 Å². The summed E-state index contributed by atoms with van der Waals surface area (Å²) in [4.78, 5) is 11.1. The minimum absolute atomic E-state index is 0.140. The Bertz CT molecular complexity index is 906. The monoisotopic (exact) mass is 364 g/mol. The van der Waals surface area contributed by atoms with Gasteiger partial charge in [0.05, 0.1) is 12.7 Å². The predicted molar refractivity (Wildman–Crippen MR) is 103 cm³/mol. The molecule has 27 heavy (non-hydrogen) atoms. The van der Waals surface area contributed by atoms with E-state index >= 15 is 0 Å². The van der Waals surface area contributed by atoms with Gasteiger partial charge < -0.3 is 19.3 Å². The second kappa shape index (κ2) is 8.76. The Morgan fingerprint density at radius 2 is 1.48 bits per heavy atom. The lowest BCUT2D eigenvalue weighted by Crippen LogP contribution is -2.10. The van der Waals surface area contributed by atoms with Crippen molar-refractivity contribution in [3.05, 3.63) is 78.4 Å². The highest BCUT2D eigenvalue weighted by atomic mass is 16.5. The number of hydrogen-bond donors (Lipinski definition) is 1. The molecule has 0 radical (unpaired) electrons. The predicted octanol–water partition coefficient (Wildman–Crippen LogP) is 4.52. The number of para-hydroxylation sites is 1. The first kappa shape index (κ1) is 18.3. The molecule has 0 fully saturated rings. The van der Waals surface area contributed by atoms with Crippen molar-refractivity contribution in [1.29, 1.82) is 0 Å². The van der Waals surface area contributed by atoms with Gasteiger partial charge in [0.15, 0.2) is 11.5 Å². The summed E-state index contributed by atoms with van der Waals surface area (Å²) in [7, 11) is 1.51. The van der Waals surface area contributed by atoms with Gasteiger partial charge in [-0.3, -0.25) is 0 Å². The van der Waals surface area contributed by atoms with Crippen molar-refractivity contribution >= 4 is 5.97 Å². The molecule has 3 aromatic carbocycles. The Morgan fingerprint density at radius 3 is 2.19 bits per heavy atom. The highest BCUT2D eigenvalue weighted by molar-refractivity contribution is 5.88. The summed E-state index contributed by atoms with van der Waals surface area (Å²) in [5.41, 5.74) is 2.22. The van der Waals surface area contributed by atoms with Crippen LogP contribution in [0.1, 0.15) is 10.4 Å². The molecular formula is C22H20O5. The van der Waals surface area contributed by atoms with Crippen molar-refractivity contribution < 1.29 is 24.1 Å². The molecule has 0 aliphatic rings. The van der Waals surface area contributed by atoms with E-state index in [1.807, 2.05) is 54.6 Å². The first-order valence-electron chi connectivity index (χ1n) is 8.50. The van der Waals surface area contributed by atoms with Crippen LogP contribution in [0.4, 0.5) is 0 Å². The quantitative estimate of drug-likeness (QED) is 0.596. The molecule has 0 spiro atoms. The summed E-state index contributed by atoms with van der Waals surface area (Å²) in [6, 6.07) is 22.3. The summed E-state index contributed by atoms with van der Waals surface area (Å²) in [5.74, 6) is 0.594. The highest BCUT2D eigenvalue weighted by Gasteiger charge is 2.10. The standard InChI is InChI=1S/C22H20O5/c1-25-20-12-11-17(22(23)24)15-21(20)27-14-13-26-19-10-6-5-9-18(19)16-7-3-2-4-8-16/h2-12,15H,13-14H2,1H3,(H,23,24). The van der Waals surface area contributed by atoms with Gasteiger partial charge in [0.1, 0.15) is 19.0 Å². The third-order valence-electron chi connectivity index (χ3n) is 3.98. The molecule has 5 heteroatoms. The fourth-order valence-electron chi connectivity index (χ4n) is 2.67. The molecule has 3 rings (SSSR count). The van der Waals surface area contributed by atoms with Crippen LogP contribution in [0.3, 0.4) is 0 Å². The fraction of sp³-hybridized carbons (Fsp3) is 0.136. The first-order valence-corrected chi connectivity index (χ1v) is 8.50. The smallest absolute Gasteiger partial charge is 0.335 e. The summed E-state index contributed by atoms with van der Waals surface area (Å²) in [6.45, 7) is 0.562. The van der Waals surface area contributed by atoms with Crippen LogP contribution in [0, 0.1) is 0 Å². The Labute approximate surface area is 157 Å². The maximum absolute atomic E-state index is 11.1. The largest absolute Gasteiger partial charge is 0.493 e. The third kappa shape index (κ3) is 4.58. The molecule has 0 saturated carbocycles. The number of ether oxygens (including phenoxy) is 3. The topological polar surface area (TPSA) is 65.0 Å². The summed E-state index contributed by atoms with van der Waals surface area (Å²) in [6.07, 6.45) is 0. The molecule has 0 aliphatic carbocycles. The molecule has 0 aliphatic heterocycles. The zero-order valence-corrected chi connectivity index (χ0v) is 14.9. The number of rotatable bonds is 8. The van der Waals surface area contributed by atoms with Crippen LogP contribution >= 0.6 is 0 Å². The Balaban J connectivity index is 1.65. The van der Waals surface area contributed by atoms with Gasteiger partial charge in [-0.1, -0.05) is 48.5 Å². The molecule has 0 heterocycles. The number of methoxy groups -OCH3 is 1. The number of carbonyl (C=O) groups is 1. The van der Waals surface area contributed by atoms with Gasteiger partial charge in [-0.15, -0.1) is 0 Å². The zero-order valence-electron chi connectivity index (χ0n) is 14.9. The minimum Gasteiger partial charge on any atom is -0.493 e. The van der Waals surface area contributed by atoms with Gasteiger partial charge in [0.2, 0.25) is 0 Å². The van der Waals surface area contributed by atoms with Crippen LogP contribution in [0.5, 0.6) is 17.2 Å². The van der Waals surface area contributed by atoms with Crippen molar-refractivity contribution in [3.63, 3.8) is 0 Å². The molecule has 5 nitrogen and oxygen atoms in total. The maximum Gasteiger partial charge on any atom is 0.335 e. The van der Waals surface area contributed by atoms with Gasteiger partial charge in [0.25, 0.3) is 0 Å². The van der Waals surface area contributed by atoms with E-state index in [0.717, 1.165) is 16.9 Å². The van der Waals surface area contributed by atoms with Gasteiger partial charge in [-0.2, -0.15) is 0 Å². The molecule has 0 bridgehead atoms. The Hall–Kier alpha value is -3.47. The van der Waals surface area contributed by atoms with E-state index < -0.39 is 5.97 Å². The van der Waals surface area contributed by atoms with Gasteiger partial charge in [-0.05, 0) is 29.8 Å². The number of carboxylic acids is 1. The third-order valence-corrected chi connectivity index (χ3v) is 3.98. The van der Waals surface area contributed by atoms with Crippen LogP contribution in [0.2, 0.25) is 0 Å². The zero-order chi connectivity index (χ0) is 19.1. The summed E-state index contributed by atoms with van der Waals surface area (Å²) >= 11 is 0. The molecule has 3 aromatic rings. The van der Waals surface area contributed by atoms with Gasteiger partial charge >= 0.3 is 5.97 Å². The Kier molecular flexibility index (Phi) is 5.94. The number of aromatic carboxylic acids is 1. The van der Waals surface area contributed by atoms with E-state index in [4.69, 9.17) is 19.3 Å². The van der Waals surface area contributed by atoms with E-state index in [9.17, 15) is 4.79 Å².